The maximum atomic E-state index is 13.1. The van der Waals surface area contributed by atoms with E-state index in [4.69, 9.17) is 5.84 Å². The van der Waals surface area contributed by atoms with Crippen molar-refractivity contribution < 1.29 is 9.18 Å². The number of nitrogens with one attached hydrogen (secondary N) is 1. The second-order valence-electron chi connectivity index (χ2n) is 5.46. The minimum Gasteiger partial charge on any atom is -0.356 e. The van der Waals surface area contributed by atoms with E-state index >= 15 is 0 Å². The van der Waals surface area contributed by atoms with Crippen molar-refractivity contribution in [2.24, 2.45) is 5.84 Å². The Hall–Kier alpha value is -2.54. The van der Waals surface area contributed by atoms with Crippen LogP contribution in [-0.4, -0.2) is 29.0 Å². The third-order valence-electron chi connectivity index (χ3n) is 3.90. The minimum absolute atomic E-state index is 0.316. The Morgan fingerprint density at radius 1 is 1.17 bits per heavy atom. The summed E-state index contributed by atoms with van der Waals surface area (Å²) in [4.78, 5) is 22.8. The van der Waals surface area contributed by atoms with E-state index in [0.29, 0.717) is 22.8 Å². The first-order valence-corrected chi connectivity index (χ1v) is 7.58. The average Bonchev–Trinajstić information content (AvgIpc) is 2.62. The number of nitrogens with zero attached hydrogens (tertiary/aromatic N) is 3. The summed E-state index contributed by atoms with van der Waals surface area (Å²) in [5, 5.41) is 0. The van der Waals surface area contributed by atoms with Crippen LogP contribution in [0.5, 0.6) is 0 Å². The first-order chi connectivity index (χ1) is 11.2. The molecule has 120 valence electrons. The molecular formula is C16H18FN5O. The highest BCUT2D eigenvalue weighted by atomic mass is 19.1. The van der Waals surface area contributed by atoms with Crippen molar-refractivity contribution in [1.29, 1.82) is 0 Å². The van der Waals surface area contributed by atoms with Gasteiger partial charge in [-0.1, -0.05) is 0 Å². The molecular weight excluding hydrogens is 297 g/mol. The first kappa shape index (κ1) is 15.4. The molecule has 1 aromatic carbocycles. The summed E-state index contributed by atoms with van der Waals surface area (Å²) in [5.41, 5.74) is 3.18. The Morgan fingerprint density at radius 2 is 1.87 bits per heavy atom. The zero-order valence-electron chi connectivity index (χ0n) is 12.6. The van der Waals surface area contributed by atoms with E-state index in [0.717, 1.165) is 25.9 Å². The van der Waals surface area contributed by atoms with E-state index in [1.165, 1.54) is 24.8 Å². The SMILES string of the molecule is NNC(=O)c1cnc(-c2ccc(F)cc2)nc1N1CCCCC1. The van der Waals surface area contributed by atoms with Crippen molar-refractivity contribution in [3.63, 3.8) is 0 Å². The van der Waals surface area contributed by atoms with Crippen LogP contribution in [-0.2, 0) is 0 Å². The lowest BCUT2D eigenvalue weighted by Crippen LogP contribution is -2.35. The number of halogens is 1. The number of hydrogen-bond acceptors (Lipinski definition) is 5. The highest BCUT2D eigenvalue weighted by Crippen LogP contribution is 2.25. The maximum Gasteiger partial charge on any atom is 0.270 e. The summed E-state index contributed by atoms with van der Waals surface area (Å²) in [6.45, 7) is 1.68. The Bertz CT molecular complexity index is 698. The normalized spacial score (nSPS) is 14.6. The molecule has 6 nitrogen and oxygen atoms in total. The average molecular weight is 315 g/mol. The van der Waals surface area contributed by atoms with Crippen LogP contribution in [0.2, 0.25) is 0 Å². The lowest BCUT2D eigenvalue weighted by atomic mass is 10.1. The molecule has 1 aliphatic heterocycles. The fraction of sp³-hybridized carbons (Fsp3) is 0.312. The molecule has 3 rings (SSSR count). The molecule has 0 radical (unpaired) electrons. The minimum atomic E-state index is -0.420. The Morgan fingerprint density at radius 3 is 2.52 bits per heavy atom. The van der Waals surface area contributed by atoms with Gasteiger partial charge in [-0.05, 0) is 43.5 Å². The molecule has 1 fully saturated rings. The predicted molar refractivity (Wildman–Crippen MR) is 85.1 cm³/mol. The van der Waals surface area contributed by atoms with Gasteiger partial charge in [-0.3, -0.25) is 10.2 Å². The fourth-order valence-corrected chi connectivity index (χ4v) is 2.70. The van der Waals surface area contributed by atoms with Crippen LogP contribution in [0.3, 0.4) is 0 Å². The number of rotatable bonds is 3. The number of carbonyl (C=O) groups is 1. The van der Waals surface area contributed by atoms with Crippen molar-refractivity contribution in [3.05, 3.63) is 41.8 Å². The molecule has 0 bridgehead atoms. The van der Waals surface area contributed by atoms with E-state index in [-0.39, 0.29) is 5.82 Å². The largest absolute Gasteiger partial charge is 0.356 e. The van der Waals surface area contributed by atoms with E-state index in [1.807, 2.05) is 0 Å². The Balaban J connectivity index is 2.03. The number of benzene rings is 1. The van der Waals surface area contributed by atoms with Gasteiger partial charge in [-0.25, -0.2) is 20.2 Å². The summed E-state index contributed by atoms with van der Waals surface area (Å²) < 4.78 is 13.1. The summed E-state index contributed by atoms with van der Waals surface area (Å²) in [6.07, 6.45) is 4.75. The molecule has 0 aliphatic carbocycles. The molecule has 23 heavy (non-hydrogen) atoms. The zero-order chi connectivity index (χ0) is 16.2. The number of nitrogen functional groups attached to an aromatic ring is 1. The van der Waals surface area contributed by atoms with Crippen molar-refractivity contribution in [3.8, 4) is 11.4 Å². The molecule has 1 amide bonds. The second-order valence-corrected chi connectivity index (χ2v) is 5.46. The Labute approximate surface area is 133 Å². The van der Waals surface area contributed by atoms with E-state index < -0.39 is 5.91 Å². The quantitative estimate of drug-likeness (QED) is 0.513. The summed E-state index contributed by atoms with van der Waals surface area (Å²) in [6, 6.07) is 5.96. The van der Waals surface area contributed by atoms with Gasteiger partial charge in [0.15, 0.2) is 5.82 Å². The summed E-state index contributed by atoms with van der Waals surface area (Å²) in [7, 11) is 0. The number of nitrogens with two attached hydrogens (primary N) is 1. The first-order valence-electron chi connectivity index (χ1n) is 7.58. The number of piperidine rings is 1. The number of amides is 1. The van der Waals surface area contributed by atoms with Gasteiger partial charge in [-0.2, -0.15) is 0 Å². The van der Waals surface area contributed by atoms with Gasteiger partial charge in [-0.15, -0.1) is 0 Å². The number of hydrazine groups is 1. The molecule has 0 saturated carbocycles. The van der Waals surface area contributed by atoms with Gasteiger partial charge in [0.1, 0.15) is 17.2 Å². The molecule has 1 aromatic heterocycles. The van der Waals surface area contributed by atoms with E-state index in [9.17, 15) is 9.18 Å². The molecule has 2 heterocycles. The molecule has 0 spiro atoms. The maximum absolute atomic E-state index is 13.1. The van der Waals surface area contributed by atoms with Crippen molar-refractivity contribution in [2.45, 2.75) is 19.3 Å². The predicted octanol–water partition coefficient (Wildman–Crippen LogP) is 1.88. The molecule has 1 saturated heterocycles. The van der Waals surface area contributed by atoms with E-state index in [2.05, 4.69) is 20.3 Å². The van der Waals surface area contributed by atoms with Crippen LogP contribution >= 0.6 is 0 Å². The number of hydrogen-bond donors (Lipinski definition) is 2. The third kappa shape index (κ3) is 3.29. The van der Waals surface area contributed by atoms with Gasteiger partial charge >= 0.3 is 0 Å². The van der Waals surface area contributed by atoms with Crippen molar-refractivity contribution in [1.82, 2.24) is 15.4 Å². The van der Waals surface area contributed by atoms with Crippen LogP contribution in [0.25, 0.3) is 11.4 Å². The second kappa shape index (κ2) is 6.70. The summed E-state index contributed by atoms with van der Waals surface area (Å²) >= 11 is 0. The molecule has 0 atom stereocenters. The molecule has 0 unspecified atom stereocenters. The van der Waals surface area contributed by atoms with Crippen LogP contribution in [0.15, 0.2) is 30.5 Å². The van der Waals surface area contributed by atoms with Crippen molar-refractivity contribution >= 4 is 11.7 Å². The van der Waals surface area contributed by atoms with Gasteiger partial charge in [0, 0.05) is 24.8 Å². The van der Waals surface area contributed by atoms with Gasteiger partial charge in [0.2, 0.25) is 0 Å². The standard InChI is InChI=1S/C16H18FN5O/c17-12-6-4-11(5-7-12)14-19-10-13(16(23)21-18)15(20-14)22-8-2-1-3-9-22/h4-7,10H,1-3,8-9,18H2,(H,21,23). The third-order valence-corrected chi connectivity index (χ3v) is 3.90. The molecule has 1 aliphatic rings. The highest BCUT2D eigenvalue weighted by molar-refractivity contribution is 5.98. The summed E-state index contributed by atoms with van der Waals surface area (Å²) in [5.74, 6) is 5.55. The van der Waals surface area contributed by atoms with Gasteiger partial charge in [0.25, 0.3) is 5.91 Å². The molecule has 2 aromatic rings. The lowest BCUT2D eigenvalue weighted by molar-refractivity contribution is 0.0953. The monoisotopic (exact) mass is 315 g/mol. The van der Waals surface area contributed by atoms with Crippen LogP contribution in [0.1, 0.15) is 29.6 Å². The van der Waals surface area contributed by atoms with Crippen molar-refractivity contribution in [2.75, 3.05) is 18.0 Å². The van der Waals surface area contributed by atoms with Crippen LogP contribution in [0.4, 0.5) is 10.2 Å². The van der Waals surface area contributed by atoms with E-state index in [1.54, 1.807) is 12.1 Å². The highest BCUT2D eigenvalue weighted by Gasteiger charge is 2.21. The molecule has 7 heteroatoms. The van der Waals surface area contributed by atoms with Crippen LogP contribution in [0, 0.1) is 5.82 Å². The smallest absolute Gasteiger partial charge is 0.270 e. The fourth-order valence-electron chi connectivity index (χ4n) is 2.70. The number of aromatic nitrogens is 2. The molecule has 3 N–H and O–H groups in total. The number of anilines is 1. The number of carbonyl (C=O) groups excluding carboxylic acids is 1. The topological polar surface area (TPSA) is 84.1 Å². The lowest BCUT2D eigenvalue weighted by Gasteiger charge is -2.29. The van der Waals surface area contributed by atoms with Gasteiger partial charge in [0.05, 0.1) is 0 Å². The van der Waals surface area contributed by atoms with Gasteiger partial charge < -0.3 is 4.90 Å². The van der Waals surface area contributed by atoms with Crippen LogP contribution < -0.4 is 16.2 Å². The zero-order valence-corrected chi connectivity index (χ0v) is 12.6. The Kier molecular flexibility index (Phi) is 4.47.